The molecule has 0 bridgehead atoms. The second kappa shape index (κ2) is 5.07. The van der Waals surface area contributed by atoms with Gasteiger partial charge >= 0.3 is 0 Å². The second-order valence-corrected chi connectivity index (χ2v) is 3.32. The summed E-state index contributed by atoms with van der Waals surface area (Å²) in [7, 11) is 0. The van der Waals surface area contributed by atoms with E-state index in [9.17, 15) is 4.79 Å². The number of hydrogen-bond acceptors (Lipinski definition) is 4. The van der Waals surface area contributed by atoms with Crippen LogP contribution in [0.3, 0.4) is 0 Å². The first-order valence-corrected chi connectivity index (χ1v) is 5.07. The fourth-order valence-corrected chi connectivity index (χ4v) is 1.33. The molecule has 5 nitrogen and oxygen atoms in total. The molecular formula is C12H11N3O2. The van der Waals surface area contributed by atoms with Crippen molar-refractivity contribution in [3.05, 3.63) is 48.9 Å². The Morgan fingerprint density at radius 2 is 2.18 bits per heavy atom. The molecule has 1 heterocycles. The summed E-state index contributed by atoms with van der Waals surface area (Å²) < 4.78 is 5.05. The fourth-order valence-electron chi connectivity index (χ4n) is 1.33. The third kappa shape index (κ3) is 2.57. The van der Waals surface area contributed by atoms with Gasteiger partial charge < -0.3 is 9.73 Å². The molecule has 2 rings (SSSR count). The highest BCUT2D eigenvalue weighted by molar-refractivity contribution is 5.94. The standard InChI is InChI=1S/C12H11N3O2/c1-2-7-13-11(16)9-3-5-10(6-4-9)12-15-14-8-17-12/h2-6,8H,1,7H2,(H,13,16). The van der Waals surface area contributed by atoms with E-state index in [-0.39, 0.29) is 5.91 Å². The molecule has 0 aliphatic heterocycles. The normalized spacial score (nSPS) is 9.88. The summed E-state index contributed by atoms with van der Waals surface area (Å²) >= 11 is 0. The number of carbonyl (C=O) groups excluding carboxylic acids is 1. The van der Waals surface area contributed by atoms with E-state index in [2.05, 4.69) is 22.1 Å². The molecule has 0 radical (unpaired) electrons. The van der Waals surface area contributed by atoms with Crippen molar-refractivity contribution < 1.29 is 9.21 Å². The highest BCUT2D eigenvalue weighted by Gasteiger charge is 2.06. The molecule has 0 aliphatic carbocycles. The topological polar surface area (TPSA) is 68.0 Å². The van der Waals surface area contributed by atoms with Gasteiger partial charge in [0.15, 0.2) is 0 Å². The van der Waals surface area contributed by atoms with E-state index in [1.54, 1.807) is 30.3 Å². The van der Waals surface area contributed by atoms with Gasteiger partial charge in [-0.15, -0.1) is 16.8 Å². The fraction of sp³-hybridized carbons (Fsp3) is 0.0833. The number of nitrogens with one attached hydrogen (secondary N) is 1. The minimum absolute atomic E-state index is 0.137. The quantitative estimate of drug-likeness (QED) is 0.809. The van der Waals surface area contributed by atoms with Crippen LogP contribution in [0, 0.1) is 0 Å². The molecule has 2 aromatic rings. The maximum absolute atomic E-state index is 11.6. The second-order valence-electron chi connectivity index (χ2n) is 3.32. The number of carbonyl (C=O) groups is 1. The van der Waals surface area contributed by atoms with Gasteiger partial charge in [-0.1, -0.05) is 6.08 Å². The van der Waals surface area contributed by atoms with Crippen LogP contribution in [0.2, 0.25) is 0 Å². The van der Waals surface area contributed by atoms with Gasteiger partial charge in [-0.3, -0.25) is 4.79 Å². The molecule has 1 amide bonds. The van der Waals surface area contributed by atoms with E-state index in [0.717, 1.165) is 5.56 Å². The lowest BCUT2D eigenvalue weighted by atomic mass is 10.1. The van der Waals surface area contributed by atoms with Crippen molar-refractivity contribution in [1.29, 1.82) is 0 Å². The summed E-state index contributed by atoms with van der Waals surface area (Å²) in [5, 5.41) is 10.1. The summed E-state index contributed by atoms with van der Waals surface area (Å²) in [4.78, 5) is 11.6. The molecule has 5 heteroatoms. The number of benzene rings is 1. The molecule has 1 N–H and O–H groups in total. The van der Waals surface area contributed by atoms with Crippen LogP contribution in [-0.2, 0) is 0 Å². The van der Waals surface area contributed by atoms with Crippen molar-refractivity contribution in [3.63, 3.8) is 0 Å². The maximum Gasteiger partial charge on any atom is 0.251 e. The Morgan fingerprint density at radius 1 is 1.41 bits per heavy atom. The van der Waals surface area contributed by atoms with Gasteiger partial charge in [0.25, 0.3) is 5.91 Å². The highest BCUT2D eigenvalue weighted by atomic mass is 16.4. The van der Waals surface area contributed by atoms with Crippen LogP contribution in [-0.4, -0.2) is 22.6 Å². The van der Waals surface area contributed by atoms with Gasteiger partial charge in [0.1, 0.15) is 0 Å². The molecule has 0 spiro atoms. The number of hydrogen-bond donors (Lipinski definition) is 1. The largest absolute Gasteiger partial charge is 0.423 e. The average molecular weight is 229 g/mol. The zero-order valence-corrected chi connectivity index (χ0v) is 9.09. The third-order valence-electron chi connectivity index (χ3n) is 2.16. The van der Waals surface area contributed by atoms with Crippen molar-refractivity contribution in [1.82, 2.24) is 15.5 Å². The molecule has 0 saturated carbocycles. The van der Waals surface area contributed by atoms with Crippen LogP contribution in [0.1, 0.15) is 10.4 Å². The van der Waals surface area contributed by atoms with Crippen molar-refractivity contribution in [3.8, 4) is 11.5 Å². The molecule has 1 aromatic carbocycles. The Kier molecular flexibility index (Phi) is 3.30. The summed E-state index contributed by atoms with van der Waals surface area (Å²) in [5.74, 6) is 0.296. The van der Waals surface area contributed by atoms with E-state index >= 15 is 0 Å². The highest BCUT2D eigenvalue weighted by Crippen LogP contribution is 2.16. The lowest BCUT2D eigenvalue weighted by Crippen LogP contribution is -2.22. The van der Waals surface area contributed by atoms with Gasteiger partial charge in [0, 0.05) is 17.7 Å². The lowest BCUT2D eigenvalue weighted by molar-refractivity contribution is 0.0958. The summed E-state index contributed by atoms with van der Waals surface area (Å²) in [6.07, 6.45) is 2.89. The van der Waals surface area contributed by atoms with Crippen LogP contribution in [0.15, 0.2) is 47.7 Å². The van der Waals surface area contributed by atoms with Gasteiger partial charge in [-0.25, -0.2) is 0 Å². The van der Waals surface area contributed by atoms with E-state index < -0.39 is 0 Å². The van der Waals surface area contributed by atoms with E-state index in [1.807, 2.05) is 0 Å². The molecule has 0 atom stereocenters. The van der Waals surface area contributed by atoms with Crippen molar-refractivity contribution in [2.45, 2.75) is 0 Å². The van der Waals surface area contributed by atoms with Crippen molar-refractivity contribution in [2.24, 2.45) is 0 Å². The minimum Gasteiger partial charge on any atom is -0.423 e. The van der Waals surface area contributed by atoms with Crippen LogP contribution in [0.25, 0.3) is 11.5 Å². The first-order valence-electron chi connectivity index (χ1n) is 5.07. The van der Waals surface area contributed by atoms with Crippen molar-refractivity contribution >= 4 is 5.91 Å². The molecule has 86 valence electrons. The summed E-state index contributed by atoms with van der Waals surface area (Å²) in [6.45, 7) is 3.98. The molecule has 1 aromatic heterocycles. The summed E-state index contributed by atoms with van der Waals surface area (Å²) in [5.41, 5.74) is 1.36. The molecular weight excluding hydrogens is 218 g/mol. The molecule has 0 unspecified atom stereocenters. The summed E-state index contributed by atoms with van der Waals surface area (Å²) in [6, 6.07) is 6.93. The number of nitrogens with zero attached hydrogens (tertiary/aromatic N) is 2. The Balaban J connectivity index is 2.13. The smallest absolute Gasteiger partial charge is 0.251 e. The lowest BCUT2D eigenvalue weighted by Gasteiger charge is -2.02. The van der Waals surface area contributed by atoms with Gasteiger partial charge in [-0.05, 0) is 24.3 Å². The minimum atomic E-state index is -0.137. The zero-order valence-electron chi connectivity index (χ0n) is 9.09. The molecule has 0 aliphatic rings. The number of aromatic nitrogens is 2. The predicted molar refractivity (Wildman–Crippen MR) is 62.3 cm³/mol. The van der Waals surface area contributed by atoms with E-state index in [4.69, 9.17) is 4.42 Å². The van der Waals surface area contributed by atoms with E-state index in [0.29, 0.717) is 18.0 Å². The van der Waals surface area contributed by atoms with E-state index in [1.165, 1.54) is 6.39 Å². The molecule has 0 saturated heterocycles. The first-order chi connectivity index (χ1) is 8.31. The Bertz CT molecular complexity index is 503. The van der Waals surface area contributed by atoms with Crippen LogP contribution in [0.5, 0.6) is 0 Å². The molecule has 0 fully saturated rings. The molecule has 17 heavy (non-hydrogen) atoms. The number of rotatable bonds is 4. The third-order valence-corrected chi connectivity index (χ3v) is 2.16. The van der Waals surface area contributed by atoms with Crippen LogP contribution >= 0.6 is 0 Å². The SMILES string of the molecule is C=CCNC(=O)c1ccc(-c2nnco2)cc1. The van der Waals surface area contributed by atoms with Gasteiger partial charge in [0.2, 0.25) is 12.3 Å². The van der Waals surface area contributed by atoms with Crippen molar-refractivity contribution in [2.75, 3.05) is 6.54 Å². The predicted octanol–water partition coefficient (Wildman–Crippen LogP) is 1.65. The average Bonchev–Trinajstić information content (AvgIpc) is 2.90. The Morgan fingerprint density at radius 3 is 2.76 bits per heavy atom. The Hall–Kier alpha value is -2.43. The van der Waals surface area contributed by atoms with Crippen LogP contribution in [0.4, 0.5) is 0 Å². The first kappa shape index (κ1) is 11.1. The van der Waals surface area contributed by atoms with Gasteiger partial charge in [-0.2, -0.15) is 0 Å². The maximum atomic E-state index is 11.6. The van der Waals surface area contributed by atoms with Crippen LogP contribution < -0.4 is 5.32 Å². The number of amides is 1. The monoisotopic (exact) mass is 229 g/mol. The zero-order chi connectivity index (χ0) is 12.1. The Labute approximate surface area is 98.2 Å². The van der Waals surface area contributed by atoms with Gasteiger partial charge in [0.05, 0.1) is 0 Å².